The van der Waals surface area contributed by atoms with E-state index in [0.29, 0.717) is 23.3 Å². The van der Waals surface area contributed by atoms with Crippen molar-refractivity contribution < 1.29 is 23.5 Å². The lowest BCUT2D eigenvalue weighted by molar-refractivity contribution is -0.143. The number of imide groups is 1. The van der Waals surface area contributed by atoms with Crippen LogP contribution in [0.1, 0.15) is 40.5 Å². The molecular formula is C30H35FN8O4. The van der Waals surface area contributed by atoms with Gasteiger partial charge in [-0.25, -0.2) is 19.2 Å². The van der Waals surface area contributed by atoms with Gasteiger partial charge in [0.1, 0.15) is 23.3 Å². The first-order valence-electron chi connectivity index (χ1n) is 14.3. The van der Waals surface area contributed by atoms with Crippen LogP contribution in [-0.2, 0) is 9.59 Å². The predicted molar refractivity (Wildman–Crippen MR) is 159 cm³/mol. The SMILES string of the molecule is CC(C)N1CC(C(=O)Nc2ccc(Oc3ccnc(Nc4ccnc(N5CCCC5)n4)c3)c(F)c2)C(=O)N(C(C)C)C1=O. The molecule has 1 aromatic carbocycles. The summed E-state index contributed by atoms with van der Waals surface area (Å²) in [6.07, 6.45) is 5.44. The smallest absolute Gasteiger partial charge is 0.327 e. The van der Waals surface area contributed by atoms with Gasteiger partial charge in [0.15, 0.2) is 11.6 Å². The van der Waals surface area contributed by atoms with E-state index in [2.05, 4.69) is 30.5 Å². The van der Waals surface area contributed by atoms with Crippen molar-refractivity contribution in [3.63, 3.8) is 0 Å². The van der Waals surface area contributed by atoms with Crippen LogP contribution in [0.3, 0.4) is 0 Å². The molecule has 4 heterocycles. The van der Waals surface area contributed by atoms with E-state index >= 15 is 4.39 Å². The number of pyridine rings is 1. The first kappa shape index (κ1) is 29.7. The summed E-state index contributed by atoms with van der Waals surface area (Å²) in [6.45, 7) is 8.86. The Morgan fingerprint density at radius 3 is 2.42 bits per heavy atom. The van der Waals surface area contributed by atoms with E-state index in [9.17, 15) is 14.4 Å². The number of aromatic nitrogens is 3. The third kappa shape index (κ3) is 6.65. The zero-order valence-corrected chi connectivity index (χ0v) is 24.6. The fourth-order valence-electron chi connectivity index (χ4n) is 5.03. The highest BCUT2D eigenvalue weighted by molar-refractivity contribution is 6.12. The third-order valence-electron chi connectivity index (χ3n) is 7.27. The second-order valence-corrected chi connectivity index (χ2v) is 11.1. The molecule has 2 aliphatic rings. The number of amides is 4. The molecule has 2 saturated heterocycles. The van der Waals surface area contributed by atoms with Crippen molar-refractivity contribution in [1.82, 2.24) is 24.8 Å². The number of halogens is 1. The summed E-state index contributed by atoms with van der Waals surface area (Å²) in [5.41, 5.74) is 0.154. The van der Waals surface area contributed by atoms with E-state index in [1.54, 1.807) is 38.2 Å². The zero-order valence-electron chi connectivity index (χ0n) is 24.6. The van der Waals surface area contributed by atoms with E-state index < -0.39 is 35.6 Å². The summed E-state index contributed by atoms with van der Waals surface area (Å²) in [7, 11) is 0. The Balaban J connectivity index is 1.25. The van der Waals surface area contributed by atoms with Crippen LogP contribution in [0, 0.1) is 11.7 Å². The largest absolute Gasteiger partial charge is 0.454 e. The first-order chi connectivity index (χ1) is 20.6. The van der Waals surface area contributed by atoms with Crippen LogP contribution in [0.2, 0.25) is 0 Å². The van der Waals surface area contributed by atoms with E-state index in [1.165, 1.54) is 23.2 Å². The highest BCUT2D eigenvalue weighted by Gasteiger charge is 2.44. The molecule has 2 aliphatic heterocycles. The standard InChI is InChI=1S/C30H35FN8O4/c1-18(2)38-17-22(28(41)39(19(3)4)30(38)42)27(40)34-20-7-8-24(23(31)15-20)43-21-9-11-32-26(16-21)35-25-10-12-33-29(36-25)37-13-5-6-14-37/h7-12,15-16,18-19,22H,5-6,13-14,17H2,1-4H3,(H,34,40)(H,32,33,35,36). The maximum absolute atomic E-state index is 15.1. The molecule has 12 nitrogen and oxygen atoms in total. The molecule has 0 radical (unpaired) electrons. The molecule has 0 spiro atoms. The minimum atomic E-state index is -1.12. The van der Waals surface area contributed by atoms with Crippen molar-refractivity contribution in [2.45, 2.75) is 52.6 Å². The molecule has 4 amide bonds. The fraction of sp³-hybridized carbons (Fsp3) is 0.400. The first-order valence-corrected chi connectivity index (χ1v) is 14.3. The van der Waals surface area contributed by atoms with Crippen molar-refractivity contribution in [3.8, 4) is 11.5 Å². The summed E-state index contributed by atoms with van der Waals surface area (Å²) in [5.74, 6) is -1.09. The number of nitrogens with zero attached hydrogens (tertiary/aromatic N) is 6. The Bertz CT molecular complexity index is 1510. The van der Waals surface area contributed by atoms with Gasteiger partial charge >= 0.3 is 6.03 Å². The number of rotatable bonds is 9. The van der Waals surface area contributed by atoms with Crippen LogP contribution in [0.4, 0.5) is 32.5 Å². The molecule has 1 atom stereocenters. The second kappa shape index (κ2) is 12.6. The quantitative estimate of drug-likeness (QED) is 0.338. The highest BCUT2D eigenvalue weighted by atomic mass is 19.1. The summed E-state index contributed by atoms with van der Waals surface area (Å²) in [4.78, 5) is 56.8. The lowest BCUT2D eigenvalue weighted by Gasteiger charge is -2.41. The number of anilines is 4. The Morgan fingerprint density at radius 2 is 1.72 bits per heavy atom. The van der Waals surface area contributed by atoms with Crippen LogP contribution in [0.25, 0.3) is 0 Å². The number of hydrogen-bond acceptors (Lipinski definition) is 9. The average Bonchev–Trinajstić information content (AvgIpc) is 3.50. The topological polar surface area (TPSA) is 133 Å². The lowest BCUT2D eigenvalue weighted by atomic mass is 10.0. The molecule has 0 saturated carbocycles. The van der Waals surface area contributed by atoms with Crippen molar-refractivity contribution in [2.75, 3.05) is 35.2 Å². The molecule has 226 valence electrons. The summed E-state index contributed by atoms with van der Waals surface area (Å²) in [6, 6.07) is 7.88. The van der Waals surface area contributed by atoms with Gasteiger partial charge in [-0.2, -0.15) is 4.98 Å². The number of benzene rings is 1. The molecule has 13 heteroatoms. The van der Waals surface area contributed by atoms with Crippen LogP contribution in [-0.4, -0.2) is 74.3 Å². The van der Waals surface area contributed by atoms with Crippen LogP contribution >= 0.6 is 0 Å². The van der Waals surface area contributed by atoms with E-state index in [1.807, 2.05) is 13.8 Å². The molecule has 43 heavy (non-hydrogen) atoms. The molecule has 1 unspecified atom stereocenters. The monoisotopic (exact) mass is 590 g/mol. The number of carbonyl (C=O) groups is 3. The van der Waals surface area contributed by atoms with E-state index in [-0.39, 0.29) is 24.0 Å². The van der Waals surface area contributed by atoms with Crippen molar-refractivity contribution in [2.24, 2.45) is 5.92 Å². The van der Waals surface area contributed by atoms with Gasteiger partial charge in [0.25, 0.3) is 0 Å². The number of carbonyl (C=O) groups excluding carboxylic acids is 3. The lowest BCUT2D eigenvalue weighted by Crippen LogP contribution is -2.62. The molecule has 5 rings (SSSR count). The normalized spacial score (nSPS) is 17.2. The molecular weight excluding hydrogens is 555 g/mol. The highest BCUT2D eigenvalue weighted by Crippen LogP contribution is 2.29. The van der Waals surface area contributed by atoms with Gasteiger partial charge in [-0.1, -0.05) is 0 Å². The molecule has 3 aromatic rings. The summed E-state index contributed by atoms with van der Waals surface area (Å²) < 4.78 is 20.8. The molecule has 0 aliphatic carbocycles. The van der Waals surface area contributed by atoms with Crippen LogP contribution in [0.15, 0.2) is 48.8 Å². The number of hydrogen-bond donors (Lipinski definition) is 2. The minimum Gasteiger partial charge on any atom is -0.454 e. The van der Waals surface area contributed by atoms with Crippen LogP contribution in [0.5, 0.6) is 11.5 Å². The van der Waals surface area contributed by atoms with Gasteiger partial charge in [-0.3, -0.25) is 14.5 Å². The third-order valence-corrected chi connectivity index (χ3v) is 7.27. The van der Waals surface area contributed by atoms with Gasteiger partial charge in [0, 0.05) is 61.9 Å². The average molecular weight is 591 g/mol. The minimum absolute atomic E-state index is 0.0545. The van der Waals surface area contributed by atoms with Gasteiger partial charge in [0.05, 0.1) is 0 Å². The molecule has 0 bridgehead atoms. The number of ether oxygens (including phenoxy) is 1. The van der Waals surface area contributed by atoms with Gasteiger partial charge in [0.2, 0.25) is 17.8 Å². The van der Waals surface area contributed by atoms with Gasteiger partial charge in [-0.15, -0.1) is 0 Å². The van der Waals surface area contributed by atoms with Crippen molar-refractivity contribution >= 4 is 41.1 Å². The Labute approximate surface area is 249 Å². The Hall–Kier alpha value is -4.81. The molecule has 2 fully saturated rings. The summed E-state index contributed by atoms with van der Waals surface area (Å²) in [5, 5.41) is 5.74. The van der Waals surface area contributed by atoms with Gasteiger partial charge in [-0.05, 0) is 64.8 Å². The zero-order chi connectivity index (χ0) is 30.7. The number of nitrogens with one attached hydrogen (secondary N) is 2. The molecule has 2 N–H and O–H groups in total. The van der Waals surface area contributed by atoms with Crippen molar-refractivity contribution in [1.29, 1.82) is 0 Å². The van der Waals surface area contributed by atoms with Gasteiger partial charge < -0.3 is 25.2 Å². The van der Waals surface area contributed by atoms with E-state index in [4.69, 9.17) is 4.74 Å². The van der Waals surface area contributed by atoms with Crippen LogP contribution < -0.4 is 20.3 Å². The van der Waals surface area contributed by atoms with Crippen molar-refractivity contribution in [3.05, 3.63) is 54.6 Å². The summed E-state index contributed by atoms with van der Waals surface area (Å²) >= 11 is 0. The Morgan fingerprint density at radius 1 is 0.977 bits per heavy atom. The Kier molecular flexibility index (Phi) is 8.69. The maximum atomic E-state index is 15.1. The molecule has 2 aromatic heterocycles. The fourth-order valence-corrected chi connectivity index (χ4v) is 5.03. The number of urea groups is 1. The second-order valence-electron chi connectivity index (χ2n) is 11.1. The maximum Gasteiger partial charge on any atom is 0.327 e. The predicted octanol–water partition coefficient (Wildman–Crippen LogP) is 4.78. The van der Waals surface area contributed by atoms with E-state index in [0.717, 1.165) is 36.9 Å².